The maximum absolute atomic E-state index is 12.5. The maximum atomic E-state index is 12.5. The van der Waals surface area contributed by atoms with Crippen molar-refractivity contribution < 1.29 is 23.1 Å². The van der Waals surface area contributed by atoms with Crippen LogP contribution in [0.15, 0.2) is 18.2 Å². The smallest absolute Gasteiger partial charge is 0.387 e. The molecule has 2 amide bonds. The van der Waals surface area contributed by atoms with Crippen LogP contribution in [0.5, 0.6) is 5.75 Å². The topological polar surface area (TPSA) is 58.6 Å². The largest absolute Gasteiger partial charge is 0.433 e. The van der Waals surface area contributed by atoms with Crippen LogP contribution in [0.25, 0.3) is 0 Å². The summed E-state index contributed by atoms with van der Waals surface area (Å²) in [5.41, 5.74) is 0.358. The lowest BCUT2D eigenvalue weighted by atomic mass is 10.2. The molecule has 0 aromatic heterocycles. The predicted octanol–water partition coefficient (Wildman–Crippen LogP) is 3.33. The molecule has 5 nitrogen and oxygen atoms in total. The van der Waals surface area contributed by atoms with E-state index >= 15 is 0 Å². The van der Waals surface area contributed by atoms with Gasteiger partial charge in [0.2, 0.25) is 11.8 Å². The van der Waals surface area contributed by atoms with Gasteiger partial charge in [-0.2, -0.15) is 8.78 Å². The van der Waals surface area contributed by atoms with Gasteiger partial charge in [-0.05, 0) is 31.5 Å². The second kappa shape index (κ2) is 6.40. The van der Waals surface area contributed by atoms with Gasteiger partial charge in [-0.15, -0.1) is 11.8 Å². The van der Waals surface area contributed by atoms with E-state index in [4.69, 9.17) is 11.6 Å². The zero-order valence-electron chi connectivity index (χ0n) is 12.7. The highest BCUT2D eigenvalue weighted by atomic mass is 35.5. The lowest BCUT2D eigenvalue weighted by Crippen LogP contribution is -2.48. The Morgan fingerprint density at radius 2 is 2.29 bits per heavy atom. The van der Waals surface area contributed by atoms with Crippen molar-refractivity contribution in [2.24, 2.45) is 0 Å². The SMILES string of the molecule is C[C@]12CCC(=O)N1[C@@H](C(=O)Nc1ccc(OC(F)F)c(Cl)c1)CS2. The Labute approximate surface area is 146 Å². The minimum Gasteiger partial charge on any atom is -0.433 e. The summed E-state index contributed by atoms with van der Waals surface area (Å²) in [6, 6.07) is 3.48. The van der Waals surface area contributed by atoms with Crippen LogP contribution in [0.4, 0.5) is 14.5 Å². The number of hydrogen-bond acceptors (Lipinski definition) is 4. The van der Waals surface area contributed by atoms with Gasteiger partial charge in [0.1, 0.15) is 11.8 Å². The number of amides is 2. The normalized spacial score (nSPS) is 26.0. The second-order valence-corrected chi connectivity index (χ2v) is 7.69. The number of halogens is 3. The number of carbonyl (C=O) groups is 2. The number of thioether (sulfide) groups is 1. The highest BCUT2D eigenvalue weighted by Gasteiger charge is 2.52. The van der Waals surface area contributed by atoms with E-state index in [0.717, 1.165) is 6.42 Å². The monoisotopic (exact) mass is 376 g/mol. The van der Waals surface area contributed by atoms with Gasteiger partial charge in [0.15, 0.2) is 0 Å². The summed E-state index contributed by atoms with van der Waals surface area (Å²) in [6.45, 7) is -1.01. The third-order valence-corrected chi connectivity index (χ3v) is 5.96. The summed E-state index contributed by atoms with van der Waals surface area (Å²) in [4.78, 5) is 25.9. The van der Waals surface area contributed by atoms with Gasteiger partial charge in [-0.1, -0.05) is 11.6 Å². The summed E-state index contributed by atoms with van der Waals surface area (Å²) in [6.07, 6.45) is 1.17. The van der Waals surface area contributed by atoms with Gasteiger partial charge in [-0.25, -0.2) is 0 Å². The van der Waals surface area contributed by atoms with Gasteiger partial charge in [0.05, 0.1) is 9.89 Å². The molecular formula is C15H15ClF2N2O3S. The number of fused-ring (bicyclic) bond motifs is 1. The zero-order valence-corrected chi connectivity index (χ0v) is 14.3. The zero-order chi connectivity index (χ0) is 17.5. The molecule has 0 aliphatic carbocycles. The lowest BCUT2D eigenvalue weighted by molar-refractivity contribution is -0.135. The van der Waals surface area contributed by atoms with Crippen molar-refractivity contribution in [3.05, 3.63) is 23.2 Å². The molecule has 2 heterocycles. The maximum Gasteiger partial charge on any atom is 0.387 e. The number of anilines is 1. The predicted molar refractivity (Wildman–Crippen MR) is 87.4 cm³/mol. The third-order valence-electron chi connectivity index (χ3n) is 4.16. The highest BCUT2D eigenvalue weighted by Crippen LogP contribution is 2.47. The van der Waals surface area contributed by atoms with Crippen LogP contribution in [0.3, 0.4) is 0 Å². The van der Waals surface area contributed by atoms with Crippen LogP contribution in [0, 0.1) is 0 Å². The fourth-order valence-electron chi connectivity index (χ4n) is 3.01. The summed E-state index contributed by atoms with van der Waals surface area (Å²) in [7, 11) is 0. The molecule has 0 saturated carbocycles. The van der Waals surface area contributed by atoms with Crippen molar-refractivity contribution in [2.75, 3.05) is 11.1 Å². The number of hydrogen-bond donors (Lipinski definition) is 1. The van der Waals surface area contributed by atoms with Crippen molar-refractivity contribution >= 4 is 40.9 Å². The van der Waals surface area contributed by atoms with E-state index in [1.807, 2.05) is 6.92 Å². The highest BCUT2D eigenvalue weighted by molar-refractivity contribution is 8.01. The second-order valence-electron chi connectivity index (χ2n) is 5.78. The summed E-state index contributed by atoms with van der Waals surface area (Å²) < 4.78 is 28.7. The summed E-state index contributed by atoms with van der Waals surface area (Å²) in [5.74, 6) is 0.0128. The number of rotatable bonds is 4. The van der Waals surface area contributed by atoms with Crippen molar-refractivity contribution in [3.8, 4) is 5.75 Å². The Bertz CT molecular complexity index is 691. The van der Waals surface area contributed by atoms with E-state index in [1.54, 1.807) is 16.7 Å². The van der Waals surface area contributed by atoms with Crippen LogP contribution in [0.2, 0.25) is 5.02 Å². The van der Waals surface area contributed by atoms with Gasteiger partial charge in [-0.3, -0.25) is 9.59 Å². The molecule has 24 heavy (non-hydrogen) atoms. The Morgan fingerprint density at radius 3 is 2.96 bits per heavy atom. The number of alkyl halides is 2. The van der Waals surface area contributed by atoms with E-state index < -0.39 is 12.7 Å². The van der Waals surface area contributed by atoms with E-state index in [9.17, 15) is 18.4 Å². The molecular weight excluding hydrogens is 362 g/mol. The fraction of sp³-hybridized carbons (Fsp3) is 0.467. The van der Waals surface area contributed by atoms with Crippen LogP contribution in [0.1, 0.15) is 19.8 Å². The van der Waals surface area contributed by atoms with Crippen molar-refractivity contribution in [3.63, 3.8) is 0 Å². The number of ether oxygens (including phenoxy) is 1. The molecule has 0 radical (unpaired) electrons. The van der Waals surface area contributed by atoms with Gasteiger partial charge < -0.3 is 15.0 Å². The molecule has 1 aromatic rings. The van der Waals surface area contributed by atoms with Crippen molar-refractivity contribution in [1.82, 2.24) is 4.90 Å². The molecule has 2 saturated heterocycles. The molecule has 2 aliphatic rings. The van der Waals surface area contributed by atoms with Crippen molar-refractivity contribution in [2.45, 2.75) is 37.3 Å². The molecule has 1 aromatic carbocycles. The van der Waals surface area contributed by atoms with Gasteiger partial charge in [0, 0.05) is 17.9 Å². The lowest BCUT2D eigenvalue weighted by Gasteiger charge is -2.29. The molecule has 0 bridgehead atoms. The average molecular weight is 377 g/mol. The summed E-state index contributed by atoms with van der Waals surface area (Å²) in [5, 5.41) is 2.65. The molecule has 2 fully saturated rings. The Kier molecular flexibility index (Phi) is 4.61. The van der Waals surface area contributed by atoms with Crippen LogP contribution in [-0.4, -0.2) is 40.0 Å². The average Bonchev–Trinajstić information content (AvgIpc) is 2.98. The Balaban J connectivity index is 1.71. The molecule has 0 spiro atoms. The third kappa shape index (κ3) is 3.17. The quantitative estimate of drug-likeness (QED) is 0.875. The minimum atomic E-state index is -2.97. The molecule has 2 aliphatic heterocycles. The number of benzene rings is 1. The van der Waals surface area contributed by atoms with Gasteiger partial charge >= 0.3 is 6.61 Å². The minimum absolute atomic E-state index is 0.0265. The first-order valence-electron chi connectivity index (χ1n) is 7.31. The van der Waals surface area contributed by atoms with Crippen LogP contribution in [-0.2, 0) is 9.59 Å². The van der Waals surface area contributed by atoms with Crippen LogP contribution >= 0.6 is 23.4 Å². The fourth-order valence-corrected chi connectivity index (χ4v) is 4.67. The number of nitrogens with zero attached hydrogens (tertiary/aromatic N) is 1. The number of nitrogens with one attached hydrogen (secondary N) is 1. The molecule has 1 N–H and O–H groups in total. The van der Waals surface area contributed by atoms with Gasteiger partial charge in [0.25, 0.3) is 0 Å². The Morgan fingerprint density at radius 1 is 1.54 bits per heavy atom. The first-order valence-corrected chi connectivity index (χ1v) is 8.68. The first kappa shape index (κ1) is 17.3. The summed E-state index contributed by atoms with van der Waals surface area (Å²) >= 11 is 7.47. The van der Waals surface area contributed by atoms with Crippen molar-refractivity contribution in [1.29, 1.82) is 0 Å². The standard InChI is InChI=1S/C15H15ClF2N2O3S/c1-15-5-4-12(21)20(15)10(7-24-15)13(22)19-8-2-3-11(9(16)6-8)23-14(17)18/h2-3,6,10,14H,4-5,7H2,1H3,(H,19,22)/t10-,15+/m1/s1. The molecule has 2 atom stereocenters. The molecule has 3 rings (SSSR count). The van der Waals surface area contributed by atoms with Crippen LogP contribution < -0.4 is 10.1 Å². The van der Waals surface area contributed by atoms with E-state index in [0.29, 0.717) is 17.9 Å². The number of carbonyl (C=O) groups excluding carboxylic acids is 2. The van der Waals surface area contributed by atoms with E-state index in [-0.39, 0.29) is 27.5 Å². The first-order chi connectivity index (χ1) is 11.3. The molecule has 0 unspecified atom stereocenters. The van der Waals surface area contributed by atoms with E-state index in [2.05, 4.69) is 10.1 Å². The Hall–Kier alpha value is -1.54. The van der Waals surface area contributed by atoms with E-state index in [1.165, 1.54) is 18.2 Å². The molecule has 130 valence electrons. The molecule has 9 heteroatoms.